The first kappa shape index (κ1) is 15.1. The summed E-state index contributed by atoms with van der Waals surface area (Å²) in [6, 6.07) is 0. The van der Waals surface area contributed by atoms with Gasteiger partial charge in [0.25, 0.3) is 5.91 Å². The Balaban J connectivity index is 3.01. The van der Waals surface area contributed by atoms with Crippen molar-refractivity contribution in [3.05, 3.63) is 10.7 Å². The number of aliphatic hydroxyl groups excluding tert-OH is 1. The maximum absolute atomic E-state index is 12.0. The van der Waals surface area contributed by atoms with E-state index in [9.17, 15) is 9.00 Å². The average molecular weight is 298 g/mol. The molecule has 0 fully saturated rings. The molecule has 1 aliphatic rings. The van der Waals surface area contributed by atoms with Crippen molar-refractivity contribution in [2.45, 2.75) is 20.3 Å². The summed E-state index contributed by atoms with van der Waals surface area (Å²) in [6.45, 7) is 1.44. The molecule has 0 radical (unpaired) electrons. The summed E-state index contributed by atoms with van der Waals surface area (Å²) in [7, 11) is -1.66. The fourth-order valence-corrected chi connectivity index (χ4v) is 7.55. The number of nitrogens with zero attached hydrogens (tertiary/aromatic N) is 1. The quantitative estimate of drug-likeness (QED) is 0.576. The van der Waals surface area contributed by atoms with Crippen molar-refractivity contribution in [3.8, 4) is 0 Å². The Morgan fingerprint density at radius 2 is 2.24 bits per heavy atom. The summed E-state index contributed by atoms with van der Waals surface area (Å²) in [4.78, 5) is 11.5. The van der Waals surface area contributed by atoms with Gasteiger partial charge >= 0.3 is 0 Å². The highest BCUT2D eigenvalue weighted by atomic mass is 32.7. The molecular formula is C9H17NO4PS2+. The van der Waals surface area contributed by atoms with Crippen LogP contribution < -0.4 is 0 Å². The Morgan fingerprint density at radius 1 is 1.59 bits per heavy atom. The lowest BCUT2D eigenvalue weighted by atomic mass is 10.6. The van der Waals surface area contributed by atoms with E-state index in [1.54, 1.807) is 0 Å². The third kappa shape index (κ3) is 3.09. The van der Waals surface area contributed by atoms with Crippen LogP contribution in [-0.4, -0.2) is 39.0 Å². The zero-order chi connectivity index (χ0) is 13.1. The number of rotatable bonds is 6. The van der Waals surface area contributed by atoms with Gasteiger partial charge in [-0.3, -0.25) is 4.79 Å². The lowest BCUT2D eigenvalue weighted by Crippen LogP contribution is -2.27. The highest BCUT2D eigenvalue weighted by Crippen LogP contribution is 2.73. The van der Waals surface area contributed by atoms with Crippen LogP contribution in [0.1, 0.15) is 20.3 Å². The Bertz CT molecular complexity index is 355. The second-order valence-corrected chi connectivity index (χ2v) is 9.64. The number of hydrogen-bond acceptors (Lipinski definition) is 5. The molecule has 0 aromatic rings. The minimum atomic E-state index is -2.28. The predicted molar refractivity (Wildman–Crippen MR) is 72.8 cm³/mol. The van der Waals surface area contributed by atoms with Crippen LogP contribution in [0.15, 0.2) is 10.7 Å². The number of amides is 1. The fraction of sp³-hybridized carbons (Fsp3) is 0.667. The van der Waals surface area contributed by atoms with E-state index >= 15 is 0 Å². The van der Waals surface area contributed by atoms with Gasteiger partial charge in [0.15, 0.2) is 11.0 Å². The summed E-state index contributed by atoms with van der Waals surface area (Å²) < 4.78 is 19.0. The molecule has 1 N–H and O–H groups in total. The molecule has 2 unspecified atom stereocenters. The summed E-state index contributed by atoms with van der Waals surface area (Å²) in [5, 5.41) is 8.98. The first-order chi connectivity index (χ1) is 8.00. The van der Waals surface area contributed by atoms with Gasteiger partial charge in [0.1, 0.15) is 12.9 Å². The van der Waals surface area contributed by atoms with Crippen molar-refractivity contribution < 1.29 is 18.6 Å². The molecule has 2 atom stereocenters. The number of hydrogen-bond donors (Lipinski definition) is 2. The monoisotopic (exact) mass is 298 g/mol. The van der Waals surface area contributed by atoms with Crippen molar-refractivity contribution >= 4 is 35.8 Å². The Kier molecular flexibility index (Phi) is 5.60. The Labute approximate surface area is 109 Å². The Hall–Kier alpha value is 0.0600. The molecular weight excluding hydrogens is 281 g/mol. The Morgan fingerprint density at radius 3 is 2.65 bits per heavy atom. The molecule has 1 heterocycles. The summed E-state index contributed by atoms with van der Waals surface area (Å²) >= 11 is 4.52. The van der Waals surface area contributed by atoms with Crippen LogP contribution in [0.3, 0.4) is 0 Å². The standard InChI is InChI=1S/C9H17NO4PS2/c1-3-5-15(16,14-4-2)9-6-8(12)10(7-11)17(9)13/h6,11,16H,3-5,7H2,1-2H3/q+1. The maximum atomic E-state index is 12.0. The number of aliphatic hydroxyl groups is 1. The van der Waals surface area contributed by atoms with Crippen LogP contribution in [0.25, 0.3) is 0 Å². The highest BCUT2D eigenvalue weighted by Gasteiger charge is 2.50. The minimum Gasteiger partial charge on any atom is -0.375 e. The van der Waals surface area contributed by atoms with Gasteiger partial charge in [-0.2, -0.15) is 0 Å². The average Bonchev–Trinajstić information content (AvgIpc) is 2.55. The van der Waals surface area contributed by atoms with Crippen molar-refractivity contribution in [2.24, 2.45) is 0 Å². The topological polar surface area (TPSA) is 66.8 Å². The van der Waals surface area contributed by atoms with Crippen LogP contribution >= 0.6 is 18.9 Å². The largest absolute Gasteiger partial charge is 0.375 e. The summed E-state index contributed by atoms with van der Waals surface area (Å²) in [6.07, 6.45) is 2.78. The van der Waals surface area contributed by atoms with Gasteiger partial charge in [-0.05, 0) is 13.3 Å². The van der Waals surface area contributed by atoms with Gasteiger partial charge in [0.2, 0.25) is 11.3 Å². The highest BCUT2D eigenvalue weighted by molar-refractivity contribution is 8.55. The predicted octanol–water partition coefficient (Wildman–Crippen LogP) is 1.51. The van der Waals surface area contributed by atoms with E-state index in [-0.39, 0.29) is 0 Å². The number of thiol groups is 1. The van der Waals surface area contributed by atoms with Gasteiger partial charge in [-0.25, -0.2) is 13.0 Å². The molecule has 1 aliphatic heterocycles. The van der Waals surface area contributed by atoms with Crippen molar-refractivity contribution in [1.82, 2.24) is 4.31 Å². The second kappa shape index (κ2) is 6.29. The molecule has 1 rings (SSSR count). The zero-order valence-electron chi connectivity index (χ0n) is 9.83. The van der Waals surface area contributed by atoms with E-state index in [1.807, 2.05) is 13.8 Å². The SMILES string of the molecule is CCC[P+](S)(OCC)C1=CC(=O)N(CO)S1=O. The summed E-state index contributed by atoms with van der Waals surface area (Å²) in [5.41, 5.74) is 0. The lowest BCUT2D eigenvalue weighted by Gasteiger charge is -2.19. The number of carbonyl (C=O) groups excluding carboxylic acids is 1. The molecule has 0 bridgehead atoms. The third-order valence-electron chi connectivity index (χ3n) is 2.21. The molecule has 8 heteroatoms. The van der Waals surface area contributed by atoms with Crippen LogP contribution in [0.4, 0.5) is 0 Å². The van der Waals surface area contributed by atoms with E-state index < -0.39 is 30.3 Å². The molecule has 1 amide bonds. The smallest absolute Gasteiger partial charge is 0.265 e. The molecule has 0 aliphatic carbocycles. The van der Waals surface area contributed by atoms with Crippen molar-refractivity contribution in [2.75, 3.05) is 19.5 Å². The third-order valence-corrected chi connectivity index (χ3v) is 9.29. The molecule has 0 spiro atoms. The van der Waals surface area contributed by atoms with E-state index in [2.05, 4.69) is 12.2 Å². The molecule has 0 aromatic carbocycles. The van der Waals surface area contributed by atoms with Crippen LogP contribution in [0.5, 0.6) is 0 Å². The van der Waals surface area contributed by atoms with Crippen LogP contribution in [0.2, 0.25) is 0 Å². The number of carbonyl (C=O) groups is 1. The van der Waals surface area contributed by atoms with Gasteiger partial charge in [0, 0.05) is 12.2 Å². The maximum Gasteiger partial charge on any atom is 0.265 e. The lowest BCUT2D eigenvalue weighted by molar-refractivity contribution is -0.123. The molecule has 5 nitrogen and oxygen atoms in total. The van der Waals surface area contributed by atoms with Crippen LogP contribution in [0, 0.1) is 0 Å². The summed E-state index contributed by atoms with van der Waals surface area (Å²) in [5.74, 6) is -0.449. The van der Waals surface area contributed by atoms with E-state index in [0.717, 1.165) is 10.7 Å². The zero-order valence-corrected chi connectivity index (χ0v) is 12.4. The fourth-order valence-electron chi connectivity index (χ4n) is 1.52. The second-order valence-electron chi connectivity index (χ2n) is 3.43. The first-order valence-electron chi connectivity index (χ1n) is 5.32. The van der Waals surface area contributed by atoms with E-state index in [1.165, 1.54) is 6.08 Å². The van der Waals surface area contributed by atoms with Crippen LogP contribution in [-0.2, 0) is 20.3 Å². The molecule has 98 valence electrons. The van der Waals surface area contributed by atoms with Gasteiger partial charge in [0.05, 0.1) is 12.7 Å². The van der Waals surface area contributed by atoms with Gasteiger partial charge < -0.3 is 5.11 Å². The van der Waals surface area contributed by atoms with Crippen molar-refractivity contribution in [1.29, 1.82) is 0 Å². The van der Waals surface area contributed by atoms with Gasteiger partial charge in [-0.1, -0.05) is 6.92 Å². The normalized spacial score (nSPS) is 23.8. The van der Waals surface area contributed by atoms with E-state index in [0.29, 0.717) is 17.4 Å². The molecule has 0 aromatic heterocycles. The minimum absolute atomic E-state index is 0.420. The molecule has 0 saturated heterocycles. The van der Waals surface area contributed by atoms with Crippen molar-refractivity contribution in [3.63, 3.8) is 0 Å². The molecule has 17 heavy (non-hydrogen) atoms. The van der Waals surface area contributed by atoms with E-state index in [4.69, 9.17) is 9.63 Å². The molecule has 0 saturated carbocycles. The van der Waals surface area contributed by atoms with Gasteiger partial charge in [-0.15, -0.1) is 0 Å². The first-order valence-corrected chi connectivity index (χ1v) is 9.47.